The Kier molecular flexibility index (Phi) is 8.06. The van der Waals surface area contributed by atoms with Crippen LogP contribution >= 0.6 is 11.6 Å². The molecule has 0 rings (SSSR count). The second-order valence-corrected chi connectivity index (χ2v) is 2.39. The molecule has 0 aliphatic rings. The summed E-state index contributed by atoms with van der Waals surface area (Å²) in [6.07, 6.45) is 8.73. The lowest BCUT2D eigenvalue weighted by molar-refractivity contribution is 0.732. The Bertz CT molecular complexity index is 67.0. The van der Waals surface area contributed by atoms with Gasteiger partial charge in [-0.15, -0.1) is 11.6 Å². The van der Waals surface area contributed by atoms with Gasteiger partial charge in [0.2, 0.25) is 0 Å². The highest BCUT2D eigenvalue weighted by Crippen LogP contribution is 2.00. The minimum absolute atomic E-state index is 0.800. The van der Waals surface area contributed by atoms with Gasteiger partial charge in [-0.3, -0.25) is 0 Å². The molecule has 0 aromatic rings. The van der Waals surface area contributed by atoms with Gasteiger partial charge in [0.25, 0.3) is 0 Å². The summed E-state index contributed by atoms with van der Waals surface area (Å²) in [5, 5.41) is 0. The van der Waals surface area contributed by atoms with Crippen LogP contribution in [0.2, 0.25) is 0 Å². The van der Waals surface area contributed by atoms with Crippen LogP contribution in [0.15, 0.2) is 12.2 Å². The molecule has 0 aromatic carbocycles. The van der Waals surface area contributed by atoms with Crippen molar-refractivity contribution in [1.82, 2.24) is 0 Å². The Morgan fingerprint density at radius 3 is 2.56 bits per heavy atom. The van der Waals surface area contributed by atoms with Crippen LogP contribution in [0, 0.1) is 6.92 Å². The highest BCUT2D eigenvalue weighted by atomic mass is 35.5. The lowest BCUT2D eigenvalue weighted by Gasteiger charge is -1.91. The van der Waals surface area contributed by atoms with Gasteiger partial charge < -0.3 is 0 Å². The normalized spacial score (nSPS) is 10.9. The van der Waals surface area contributed by atoms with Crippen LogP contribution < -0.4 is 0 Å². The molecule has 0 aliphatic heterocycles. The van der Waals surface area contributed by atoms with Crippen molar-refractivity contribution >= 4 is 11.6 Å². The van der Waals surface area contributed by atoms with E-state index in [2.05, 4.69) is 13.0 Å². The van der Waals surface area contributed by atoms with Crippen molar-refractivity contribution in [1.29, 1.82) is 0 Å². The number of rotatable bonds is 5. The molecule has 0 fully saturated rings. The molecule has 0 N–H and O–H groups in total. The molecule has 0 nitrogen and oxygen atoms in total. The van der Waals surface area contributed by atoms with Gasteiger partial charge in [0.15, 0.2) is 0 Å². The molecule has 1 radical (unpaired) electrons. The summed E-state index contributed by atoms with van der Waals surface area (Å²) < 4.78 is 0. The monoisotopic (exact) mass is 145 g/mol. The molecule has 0 saturated heterocycles. The van der Waals surface area contributed by atoms with E-state index in [1.165, 1.54) is 12.8 Å². The van der Waals surface area contributed by atoms with Crippen molar-refractivity contribution in [3.05, 3.63) is 19.1 Å². The van der Waals surface area contributed by atoms with Crippen LogP contribution in [0.25, 0.3) is 0 Å². The highest BCUT2D eigenvalue weighted by Gasteiger charge is 1.83. The Morgan fingerprint density at radius 1 is 1.22 bits per heavy atom. The van der Waals surface area contributed by atoms with Crippen LogP contribution in [0.4, 0.5) is 0 Å². The van der Waals surface area contributed by atoms with E-state index in [0.29, 0.717) is 0 Å². The summed E-state index contributed by atoms with van der Waals surface area (Å²) in [4.78, 5) is 0. The second-order valence-electron chi connectivity index (χ2n) is 2.01. The van der Waals surface area contributed by atoms with Crippen molar-refractivity contribution in [3.8, 4) is 0 Å². The maximum absolute atomic E-state index is 5.48. The first-order valence-electron chi connectivity index (χ1n) is 3.42. The number of hydrogen-bond acceptors (Lipinski definition) is 0. The van der Waals surface area contributed by atoms with Crippen LogP contribution in [-0.2, 0) is 0 Å². The zero-order valence-electron chi connectivity index (χ0n) is 5.78. The predicted octanol–water partition coefficient (Wildman–Crippen LogP) is 3.18. The SMILES string of the molecule is [CH2]C=CCCCCCCl. The summed E-state index contributed by atoms with van der Waals surface area (Å²) in [6, 6.07) is 0. The summed E-state index contributed by atoms with van der Waals surface area (Å²) in [5.41, 5.74) is 0. The second kappa shape index (κ2) is 8.03. The molecule has 0 saturated carbocycles. The van der Waals surface area contributed by atoms with Crippen molar-refractivity contribution in [3.63, 3.8) is 0 Å². The van der Waals surface area contributed by atoms with Gasteiger partial charge in [-0.05, 0) is 26.2 Å². The first-order chi connectivity index (χ1) is 4.41. The van der Waals surface area contributed by atoms with Gasteiger partial charge in [-0.2, -0.15) is 0 Å². The average Bonchev–Trinajstić information content (AvgIpc) is 1.89. The molecule has 0 unspecified atom stereocenters. The number of halogens is 1. The molecule has 0 atom stereocenters. The lowest BCUT2D eigenvalue weighted by Crippen LogP contribution is -1.75. The molecular formula is C8H14Cl. The zero-order valence-corrected chi connectivity index (χ0v) is 6.53. The Balaban J connectivity index is 2.75. The first kappa shape index (κ1) is 9.03. The lowest BCUT2D eigenvalue weighted by atomic mass is 10.2. The fourth-order valence-electron chi connectivity index (χ4n) is 0.651. The average molecular weight is 146 g/mol. The molecule has 9 heavy (non-hydrogen) atoms. The fourth-order valence-corrected chi connectivity index (χ4v) is 0.840. The fraction of sp³-hybridized carbons (Fsp3) is 0.625. The number of alkyl halides is 1. The molecule has 0 amide bonds. The van der Waals surface area contributed by atoms with Crippen molar-refractivity contribution in [2.45, 2.75) is 25.7 Å². The van der Waals surface area contributed by atoms with Crippen molar-refractivity contribution in [2.24, 2.45) is 0 Å². The predicted molar refractivity (Wildman–Crippen MR) is 43.7 cm³/mol. The van der Waals surface area contributed by atoms with Gasteiger partial charge in [0, 0.05) is 5.88 Å². The smallest absolute Gasteiger partial charge is 0.0223 e. The maximum Gasteiger partial charge on any atom is 0.0223 e. The molecule has 0 spiro atoms. The van der Waals surface area contributed by atoms with Gasteiger partial charge in [0.1, 0.15) is 0 Å². The summed E-state index contributed by atoms with van der Waals surface area (Å²) in [6.45, 7) is 3.60. The number of unbranched alkanes of at least 4 members (excludes halogenated alkanes) is 3. The molecule has 0 bridgehead atoms. The van der Waals surface area contributed by atoms with Crippen LogP contribution in [0.1, 0.15) is 25.7 Å². The molecule has 0 heterocycles. The standard InChI is InChI=1S/C8H14Cl/c1-2-3-4-5-6-7-8-9/h2-3H,1,4-8H2. The van der Waals surface area contributed by atoms with Gasteiger partial charge in [0.05, 0.1) is 0 Å². The van der Waals surface area contributed by atoms with E-state index in [1.54, 1.807) is 0 Å². The van der Waals surface area contributed by atoms with Crippen molar-refractivity contribution < 1.29 is 0 Å². The van der Waals surface area contributed by atoms with E-state index in [4.69, 9.17) is 11.6 Å². The minimum Gasteiger partial charge on any atom is -0.127 e. The topological polar surface area (TPSA) is 0 Å². The Labute approximate surface area is 62.9 Å². The summed E-state index contributed by atoms with van der Waals surface area (Å²) >= 11 is 5.48. The van der Waals surface area contributed by atoms with E-state index < -0.39 is 0 Å². The van der Waals surface area contributed by atoms with Crippen LogP contribution in [0.3, 0.4) is 0 Å². The van der Waals surface area contributed by atoms with E-state index in [1.807, 2.05) is 6.08 Å². The van der Waals surface area contributed by atoms with E-state index >= 15 is 0 Å². The highest BCUT2D eigenvalue weighted by molar-refractivity contribution is 6.17. The molecule has 1 heteroatoms. The first-order valence-corrected chi connectivity index (χ1v) is 3.95. The Morgan fingerprint density at radius 2 is 2.00 bits per heavy atom. The summed E-state index contributed by atoms with van der Waals surface area (Å²) in [7, 11) is 0. The third kappa shape index (κ3) is 8.03. The molecule has 0 aromatic heterocycles. The van der Waals surface area contributed by atoms with Crippen LogP contribution in [0.5, 0.6) is 0 Å². The quantitative estimate of drug-likeness (QED) is 0.412. The minimum atomic E-state index is 0.800. The third-order valence-corrected chi connectivity index (χ3v) is 1.44. The van der Waals surface area contributed by atoms with Crippen LogP contribution in [-0.4, -0.2) is 5.88 Å². The Hall–Kier alpha value is 0.0300. The van der Waals surface area contributed by atoms with E-state index in [0.717, 1.165) is 18.7 Å². The summed E-state index contributed by atoms with van der Waals surface area (Å²) in [5.74, 6) is 0.800. The van der Waals surface area contributed by atoms with E-state index in [9.17, 15) is 0 Å². The number of hydrogen-bond donors (Lipinski definition) is 0. The van der Waals surface area contributed by atoms with Gasteiger partial charge in [-0.25, -0.2) is 0 Å². The number of allylic oxidation sites excluding steroid dienone is 2. The molecule has 0 aliphatic carbocycles. The molecule has 53 valence electrons. The molecular weight excluding hydrogens is 132 g/mol. The van der Waals surface area contributed by atoms with Gasteiger partial charge >= 0.3 is 0 Å². The largest absolute Gasteiger partial charge is 0.127 e. The van der Waals surface area contributed by atoms with Gasteiger partial charge in [-0.1, -0.05) is 18.6 Å². The third-order valence-electron chi connectivity index (χ3n) is 1.17. The van der Waals surface area contributed by atoms with Crippen molar-refractivity contribution in [2.75, 3.05) is 5.88 Å². The van der Waals surface area contributed by atoms with E-state index in [-0.39, 0.29) is 0 Å². The maximum atomic E-state index is 5.48. The zero-order chi connectivity index (χ0) is 6.95.